The second kappa shape index (κ2) is 8.17. The zero-order chi connectivity index (χ0) is 18.6. The number of nitrogens with zero attached hydrogens (tertiary/aromatic N) is 1. The molecule has 9 nitrogen and oxygen atoms in total. The lowest BCUT2D eigenvalue weighted by Crippen LogP contribution is -2.49. The summed E-state index contributed by atoms with van der Waals surface area (Å²) in [5.74, 6) is -0.277. The van der Waals surface area contributed by atoms with Crippen LogP contribution in [-0.2, 0) is 14.4 Å². The van der Waals surface area contributed by atoms with Crippen LogP contribution in [0.2, 0.25) is 0 Å². The Morgan fingerprint density at radius 2 is 2.12 bits per heavy atom. The number of nitrogens with one attached hydrogen (secondary N) is 3. The number of nitrogens with two attached hydrogens (primary N) is 1. The van der Waals surface area contributed by atoms with Crippen LogP contribution in [-0.4, -0.2) is 60.4 Å². The van der Waals surface area contributed by atoms with Crippen molar-refractivity contribution in [2.45, 2.75) is 45.2 Å². The maximum atomic E-state index is 12.4. The van der Waals surface area contributed by atoms with Gasteiger partial charge in [0.1, 0.15) is 12.1 Å². The van der Waals surface area contributed by atoms with Gasteiger partial charge in [-0.25, -0.2) is 4.79 Å². The van der Waals surface area contributed by atoms with Gasteiger partial charge in [0.15, 0.2) is 0 Å². The fraction of sp³-hybridized carbons (Fsp3) is 0.750. The van der Waals surface area contributed by atoms with E-state index in [-0.39, 0.29) is 29.6 Å². The Balaban J connectivity index is 1.78. The van der Waals surface area contributed by atoms with Gasteiger partial charge in [0.2, 0.25) is 17.7 Å². The minimum Gasteiger partial charge on any atom is -0.354 e. The third-order valence-corrected chi connectivity index (χ3v) is 4.86. The number of amides is 5. The molecule has 0 aromatic heterocycles. The van der Waals surface area contributed by atoms with Crippen LogP contribution in [0.15, 0.2) is 0 Å². The molecule has 2 saturated heterocycles. The summed E-state index contributed by atoms with van der Waals surface area (Å²) in [6, 6.07) is -1.80. The lowest BCUT2D eigenvalue weighted by Gasteiger charge is -2.23. The van der Waals surface area contributed by atoms with Crippen molar-refractivity contribution in [3.63, 3.8) is 0 Å². The van der Waals surface area contributed by atoms with E-state index in [4.69, 9.17) is 5.73 Å². The van der Waals surface area contributed by atoms with Crippen molar-refractivity contribution in [3.8, 4) is 0 Å². The van der Waals surface area contributed by atoms with E-state index in [1.54, 1.807) is 4.90 Å². The highest BCUT2D eigenvalue weighted by Gasteiger charge is 2.35. The average molecular weight is 353 g/mol. The predicted molar refractivity (Wildman–Crippen MR) is 90.2 cm³/mol. The van der Waals surface area contributed by atoms with Crippen LogP contribution in [0.4, 0.5) is 4.79 Å². The summed E-state index contributed by atoms with van der Waals surface area (Å²) < 4.78 is 0. The van der Waals surface area contributed by atoms with Crippen molar-refractivity contribution in [2.24, 2.45) is 17.6 Å². The third-order valence-electron chi connectivity index (χ3n) is 4.86. The lowest BCUT2D eigenvalue weighted by atomic mass is 10.0. The molecule has 0 bridgehead atoms. The van der Waals surface area contributed by atoms with Gasteiger partial charge in [0, 0.05) is 26.1 Å². The molecule has 140 valence electrons. The Morgan fingerprint density at radius 1 is 1.40 bits per heavy atom. The molecule has 2 fully saturated rings. The topological polar surface area (TPSA) is 134 Å². The van der Waals surface area contributed by atoms with Gasteiger partial charge in [0.25, 0.3) is 0 Å². The monoisotopic (exact) mass is 353 g/mol. The first kappa shape index (κ1) is 19.0. The largest absolute Gasteiger partial charge is 0.354 e. The molecular weight excluding hydrogens is 326 g/mol. The van der Waals surface area contributed by atoms with E-state index in [1.165, 1.54) is 0 Å². The molecule has 0 spiro atoms. The van der Waals surface area contributed by atoms with Crippen LogP contribution in [0.25, 0.3) is 0 Å². The third kappa shape index (κ3) is 4.83. The van der Waals surface area contributed by atoms with E-state index in [9.17, 15) is 19.2 Å². The van der Waals surface area contributed by atoms with E-state index in [0.717, 1.165) is 6.42 Å². The Bertz CT molecular complexity index is 553. The first-order valence-electron chi connectivity index (χ1n) is 8.73. The molecular formula is C16H27N5O4. The molecule has 2 aliphatic rings. The van der Waals surface area contributed by atoms with Gasteiger partial charge in [-0.3, -0.25) is 14.4 Å². The molecule has 4 unspecified atom stereocenters. The van der Waals surface area contributed by atoms with E-state index in [1.807, 2.05) is 13.8 Å². The van der Waals surface area contributed by atoms with Gasteiger partial charge in [-0.1, -0.05) is 13.8 Å². The highest BCUT2D eigenvalue weighted by molar-refractivity contribution is 5.91. The molecule has 0 aromatic rings. The van der Waals surface area contributed by atoms with E-state index < -0.39 is 18.1 Å². The minimum absolute atomic E-state index is 0.0145. The summed E-state index contributed by atoms with van der Waals surface area (Å²) in [5.41, 5.74) is 5.10. The maximum Gasteiger partial charge on any atom is 0.312 e. The number of primary amides is 1. The molecule has 0 aliphatic carbocycles. The highest BCUT2D eigenvalue weighted by Crippen LogP contribution is 2.18. The summed E-state index contributed by atoms with van der Waals surface area (Å²) in [6.07, 6.45) is 1.62. The minimum atomic E-state index is -0.712. The highest BCUT2D eigenvalue weighted by atomic mass is 16.2. The zero-order valence-corrected chi connectivity index (χ0v) is 14.7. The molecule has 25 heavy (non-hydrogen) atoms. The first-order valence-corrected chi connectivity index (χ1v) is 8.73. The van der Waals surface area contributed by atoms with Gasteiger partial charge in [-0.05, 0) is 24.7 Å². The normalized spacial score (nSPS) is 26.9. The van der Waals surface area contributed by atoms with E-state index >= 15 is 0 Å². The molecule has 2 rings (SSSR count). The number of rotatable bonds is 6. The first-order chi connectivity index (χ1) is 11.8. The molecule has 9 heteroatoms. The van der Waals surface area contributed by atoms with Crippen molar-refractivity contribution in [1.29, 1.82) is 0 Å². The molecule has 5 N–H and O–H groups in total. The number of urea groups is 1. The second-order valence-electron chi connectivity index (χ2n) is 6.88. The molecule has 4 atom stereocenters. The molecule has 2 heterocycles. The van der Waals surface area contributed by atoms with Gasteiger partial charge in [0.05, 0.1) is 0 Å². The molecule has 0 saturated carbocycles. The van der Waals surface area contributed by atoms with Crippen LogP contribution >= 0.6 is 0 Å². The molecule has 2 aliphatic heterocycles. The Kier molecular flexibility index (Phi) is 6.22. The quantitative estimate of drug-likeness (QED) is 0.483. The Morgan fingerprint density at radius 3 is 2.68 bits per heavy atom. The fourth-order valence-electron chi connectivity index (χ4n) is 3.39. The summed E-state index contributed by atoms with van der Waals surface area (Å²) in [4.78, 5) is 48.6. The van der Waals surface area contributed by atoms with E-state index in [2.05, 4.69) is 16.0 Å². The molecule has 0 aromatic carbocycles. The lowest BCUT2D eigenvalue weighted by molar-refractivity contribution is -0.132. The summed E-state index contributed by atoms with van der Waals surface area (Å²) in [5, 5.41) is 8.01. The van der Waals surface area contributed by atoms with Crippen molar-refractivity contribution >= 4 is 23.8 Å². The van der Waals surface area contributed by atoms with Crippen LogP contribution < -0.4 is 21.7 Å². The predicted octanol–water partition coefficient (Wildman–Crippen LogP) is -1.08. The maximum absolute atomic E-state index is 12.4. The second-order valence-corrected chi connectivity index (χ2v) is 6.88. The van der Waals surface area contributed by atoms with Crippen molar-refractivity contribution in [3.05, 3.63) is 0 Å². The fourth-order valence-corrected chi connectivity index (χ4v) is 3.39. The molecule has 0 radical (unpaired) electrons. The van der Waals surface area contributed by atoms with Gasteiger partial charge < -0.3 is 26.6 Å². The van der Waals surface area contributed by atoms with Crippen LogP contribution in [0, 0.1) is 11.8 Å². The summed E-state index contributed by atoms with van der Waals surface area (Å²) in [6.45, 7) is 5.26. The molecule has 5 amide bonds. The SMILES string of the molecule is CCC(NC(N)=O)C(=O)N1CCC(CNC(=O)C2NC(=O)CC2C)C1. The Labute approximate surface area is 147 Å². The van der Waals surface area contributed by atoms with E-state index in [0.29, 0.717) is 32.5 Å². The standard InChI is InChI=1S/C16H27N5O4/c1-3-11(19-16(17)25)15(24)21-5-4-10(8-21)7-18-14(23)13-9(2)6-12(22)20-13/h9-11,13H,3-8H2,1-2H3,(H,18,23)(H,20,22)(H3,17,19,25). The van der Waals surface area contributed by atoms with Gasteiger partial charge >= 0.3 is 6.03 Å². The van der Waals surface area contributed by atoms with Crippen LogP contribution in [0.5, 0.6) is 0 Å². The Hall–Kier alpha value is -2.32. The number of likely N-dealkylation sites (tertiary alicyclic amines) is 1. The smallest absolute Gasteiger partial charge is 0.312 e. The summed E-state index contributed by atoms with van der Waals surface area (Å²) in [7, 11) is 0. The number of carbonyl (C=O) groups is 4. The van der Waals surface area contributed by atoms with Crippen molar-refractivity contribution in [1.82, 2.24) is 20.9 Å². The zero-order valence-electron chi connectivity index (χ0n) is 14.7. The number of hydrogen-bond donors (Lipinski definition) is 4. The number of carbonyl (C=O) groups excluding carboxylic acids is 4. The van der Waals surface area contributed by atoms with Crippen LogP contribution in [0.1, 0.15) is 33.1 Å². The van der Waals surface area contributed by atoms with Gasteiger partial charge in [-0.15, -0.1) is 0 Å². The van der Waals surface area contributed by atoms with Crippen molar-refractivity contribution in [2.75, 3.05) is 19.6 Å². The van der Waals surface area contributed by atoms with Crippen molar-refractivity contribution < 1.29 is 19.2 Å². The van der Waals surface area contributed by atoms with Crippen LogP contribution in [0.3, 0.4) is 0 Å². The average Bonchev–Trinajstić information content (AvgIpc) is 3.15. The summed E-state index contributed by atoms with van der Waals surface area (Å²) >= 11 is 0. The number of hydrogen-bond acceptors (Lipinski definition) is 4. The van der Waals surface area contributed by atoms with Gasteiger partial charge in [-0.2, -0.15) is 0 Å².